The van der Waals surface area contributed by atoms with E-state index in [1.165, 1.54) is 11.1 Å². The van der Waals surface area contributed by atoms with Gasteiger partial charge in [-0.3, -0.25) is 0 Å². The number of ether oxygens (including phenoxy) is 1. The van der Waals surface area contributed by atoms with Gasteiger partial charge in [0, 0.05) is 6.42 Å². The lowest BCUT2D eigenvalue weighted by Gasteiger charge is -2.01. The molecule has 13 heavy (non-hydrogen) atoms. The van der Waals surface area contributed by atoms with Crippen LogP contribution in [-0.2, 0) is 6.42 Å². The SMILES string of the molecule is CC.Cc1ccc2c(c1)CC(C)O2. The highest BCUT2D eigenvalue weighted by Crippen LogP contribution is 2.28. The van der Waals surface area contributed by atoms with Crippen molar-refractivity contribution in [1.82, 2.24) is 0 Å². The van der Waals surface area contributed by atoms with E-state index < -0.39 is 0 Å². The molecule has 1 heteroatoms. The van der Waals surface area contributed by atoms with Crippen LogP contribution < -0.4 is 4.74 Å². The summed E-state index contributed by atoms with van der Waals surface area (Å²) in [7, 11) is 0. The maximum atomic E-state index is 5.56. The molecule has 1 atom stereocenters. The van der Waals surface area contributed by atoms with Gasteiger partial charge >= 0.3 is 0 Å². The van der Waals surface area contributed by atoms with Gasteiger partial charge in [0.15, 0.2) is 0 Å². The number of rotatable bonds is 0. The normalized spacial score (nSPS) is 18.3. The maximum Gasteiger partial charge on any atom is 0.123 e. The number of hydrogen-bond donors (Lipinski definition) is 0. The van der Waals surface area contributed by atoms with Gasteiger partial charge in [-0.1, -0.05) is 31.5 Å². The van der Waals surface area contributed by atoms with Gasteiger partial charge in [0.25, 0.3) is 0 Å². The molecule has 0 bridgehead atoms. The van der Waals surface area contributed by atoms with Crippen molar-refractivity contribution in [3.63, 3.8) is 0 Å². The van der Waals surface area contributed by atoms with Gasteiger partial charge in [-0.15, -0.1) is 0 Å². The Labute approximate surface area is 80.7 Å². The Hall–Kier alpha value is -0.980. The molecular formula is C12H18O. The van der Waals surface area contributed by atoms with Crippen LogP contribution in [0.25, 0.3) is 0 Å². The Bertz CT molecular complexity index is 278. The van der Waals surface area contributed by atoms with Crippen molar-refractivity contribution in [3.05, 3.63) is 29.3 Å². The van der Waals surface area contributed by atoms with E-state index in [1.807, 2.05) is 13.8 Å². The van der Waals surface area contributed by atoms with E-state index >= 15 is 0 Å². The molecule has 0 saturated heterocycles. The highest BCUT2D eigenvalue weighted by molar-refractivity contribution is 5.40. The Balaban J connectivity index is 0.000000396. The minimum absolute atomic E-state index is 0.367. The molecule has 0 spiro atoms. The third-order valence-corrected chi connectivity index (χ3v) is 2.05. The van der Waals surface area contributed by atoms with Crippen LogP contribution in [0.5, 0.6) is 5.75 Å². The summed E-state index contributed by atoms with van der Waals surface area (Å²) >= 11 is 0. The molecule has 0 radical (unpaired) electrons. The van der Waals surface area contributed by atoms with Crippen molar-refractivity contribution in [2.75, 3.05) is 0 Å². The molecule has 1 unspecified atom stereocenters. The van der Waals surface area contributed by atoms with Crippen LogP contribution >= 0.6 is 0 Å². The Morgan fingerprint density at radius 3 is 2.69 bits per heavy atom. The average molecular weight is 178 g/mol. The molecule has 1 aromatic rings. The fraction of sp³-hybridized carbons (Fsp3) is 0.500. The summed E-state index contributed by atoms with van der Waals surface area (Å²) < 4.78 is 5.56. The van der Waals surface area contributed by atoms with Crippen molar-refractivity contribution < 1.29 is 4.74 Å². The predicted molar refractivity (Wildman–Crippen MR) is 56.3 cm³/mol. The van der Waals surface area contributed by atoms with Gasteiger partial charge in [0.1, 0.15) is 11.9 Å². The Kier molecular flexibility index (Phi) is 3.35. The molecule has 0 amide bonds. The summed E-state index contributed by atoms with van der Waals surface area (Å²) in [4.78, 5) is 0. The zero-order valence-corrected chi connectivity index (χ0v) is 8.92. The second-order valence-corrected chi connectivity index (χ2v) is 3.24. The molecule has 72 valence electrons. The molecule has 0 aliphatic carbocycles. The van der Waals surface area contributed by atoms with Crippen LogP contribution in [-0.4, -0.2) is 6.10 Å². The molecule has 1 aliphatic heterocycles. The minimum Gasteiger partial charge on any atom is -0.490 e. The van der Waals surface area contributed by atoms with Gasteiger partial charge in [-0.2, -0.15) is 0 Å². The van der Waals surface area contributed by atoms with Crippen molar-refractivity contribution in [2.24, 2.45) is 0 Å². The number of fused-ring (bicyclic) bond motifs is 1. The molecule has 0 N–H and O–H groups in total. The zero-order valence-electron chi connectivity index (χ0n) is 8.92. The van der Waals surface area contributed by atoms with Crippen molar-refractivity contribution >= 4 is 0 Å². The van der Waals surface area contributed by atoms with Crippen LogP contribution in [0.1, 0.15) is 31.9 Å². The lowest BCUT2D eigenvalue weighted by molar-refractivity contribution is 0.254. The van der Waals surface area contributed by atoms with Crippen LogP contribution in [0.4, 0.5) is 0 Å². The lowest BCUT2D eigenvalue weighted by Crippen LogP contribution is -2.05. The first-order valence-electron chi connectivity index (χ1n) is 5.02. The van der Waals surface area contributed by atoms with E-state index in [0.29, 0.717) is 6.10 Å². The highest BCUT2D eigenvalue weighted by Gasteiger charge is 2.17. The highest BCUT2D eigenvalue weighted by atomic mass is 16.5. The van der Waals surface area contributed by atoms with Crippen LogP contribution in [0.3, 0.4) is 0 Å². The summed E-state index contributed by atoms with van der Waals surface area (Å²) in [6.45, 7) is 8.22. The summed E-state index contributed by atoms with van der Waals surface area (Å²) in [6, 6.07) is 6.36. The van der Waals surface area contributed by atoms with E-state index in [2.05, 4.69) is 32.0 Å². The second kappa shape index (κ2) is 4.31. The molecule has 1 nitrogen and oxygen atoms in total. The Morgan fingerprint density at radius 1 is 1.31 bits per heavy atom. The van der Waals surface area contributed by atoms with Crippen LogP contribution in [0, 0.1) is 6.92 Å². The van der Waals surface area contributed by atoms with Gasteiger partial charge in [0.2, 0.25) is 0 Å². The van der Waals surface area contributed by atoms with E-state index in [-0.39, 0.29) is 0 Å². The molecule has 0 saturated carbocycles. The first-order chi connectivity index (χ1) is 6.25. The second-order valence-electron chi connectivity index (χ2n) is 3.24. The molecule has 0 aromatic heterocycles. The number of aryl methyl sites for hydroxylation is 1. The number of benzene rings is 1. The van der Waals surface area contributed by atoms with Crippen molar-refractivity contribution in [2.45, 2.75) is 40.2 Å². The van der Waals surface area contributed by atoms with Crippen molar-refractivity contribution in [1.29, 1.82) is 0 Å². The van der Waals surface area contributed by atoms with E-state index in [9.17, 15) is 0 Å². The Morgan fingerprint density at radius 2 is 2.00 bits per heavy atom. The first kappa shape index (κ1) is 10.1. The van der Waals surface area contributed by atoms with Gasteiger partial charge in [-0.05, 0) is 25.5 Å². The predicted octanol–water partition coefficient (Wildman–Crippen LogP) is 3.34. The summed E-state index contributed by atoms with van der Waals surface area (Å²) in [5.74, 6) is 1.07. The molecule has 2 rings (SSSR count). The fourth-order valence-electron chi connectivity index (χ4n) is 1.55. The molecular weight excluding hydrogens is 160 g/mol. The maximum absolute atomic E-state index is 5.56. The zero-order chi connectivity index (χ0) is 9.84. The quantitative estimate of drug-likeness (QED) is 0.592. The van der Waals surface area contributed by atoms with Gasteiger partial charge in [0.05, 0.1) is 0 Å². The topological polar surface area (TPSA) is 9.23 Å². The van der Waals surface area contributed by atoms with Gasteiger partial charge < -0.3 is 4.74 Å². The third-order valence-electron chi connectivity index (χ3n) is 2.05. The standard InChI is InChI=1S/C10H12O.C2H6/c1-7-3-4-10-9(5-7)6-8(2)11-10;1-2/h3-5,8H,6H2,1-2H3;1-2H3. The summed E-state index contributed by atoms with van der Waals surface area (Å²) in [6.07, 6.45) is 1.43. The van der Waals surface area contributed by atoms with E-state index in [0.717, 1.165) is 12.2 Å². The fourth-order valence-corrected chi connectivity index (χ4v) is 1.55. The molecule has 1 aliphatic rings. The summed E-state index contributed by atoms with van der Waals surface area (Å²) in [5, 5.41) is 0. The van der Waals surface area contributed by atoms with Crippen molar-refractivity contribution in [3.8, 4) is 5.75 Å². The molecule has 1 heterocycles. The minimum atomic E-state index is 0.367. The smallest absolute Gasteiger partial charge is 0.123 e. The third kappa shape index (κ3) is 2.24. The lowest BCUT2D eigenvalue weighted by atomic mass is 10.1. The van der Waals surface area contributed by atoms with Crippen LogP contribution in [0.2, 0.25) is 0 Å². The van der Waals surface area contributed by atoms with E-state index in [1.54, 1.807) is 0 Å². The largest absolute Gasteiger partial charge is 0.490 e. The molecule has 1 aromatic carbocycles. The van der Waals surface area contributed by atoms with Gasteiger partial charge in [-0.25, -0.2) is 0 Å². The van der Waals surface area contributed by atoms with Crippen LogP contribution in [0.15, 0.2) is 18.2 Å². The monoisotopic (exact) mass is 178 g/mol. The summed E-state index contributed by atoms with van der Waals surface area (Å²) in [5.41, 5.74) is 2.68. The number of hydrogen-bond acceptors (Lipinski definition) is 1. The van der Waals surface area contributed by atoms with E-state index in [4.69, 9.17) is 4.74 Å². The first-order valence-corrected chi connectivity index (χ1v) is 5.02. The average Bonchev–Trinajstić information content (AvgIpc) is 2.48. The molecule has 0 fully saturated rings.